The van der Waals surface area contributed by atoms with Crippen LogP contribution in [-0.2, 0) is 0 Å². The number of rotatable bonds is 3. The minimum Gasteiger partial charge on any atom is -0.489 e. The third-order valence-electron chi connectivity index (χ3n) is 3.61. The molecule has 3 rings (SSSR count). The first kappa shape index (κ1) is 12.3. The summed E-state index contributed by atoms with van der Waals surface area (Å²) in [7, 11) is 0. The fraction of sp³-hybridized carbons (Fsp3) is 0.600. The Morgan fingerprint density at radius 3 is 2.67 bits per heavy atom. The van der Waals surface area contributed by atoms with E-state index in [1.54, 1.807) is 0 Å². The molecule has 0 bridgehead atoms. The molecule has 2 aliphatic rings. The van der Waals surface area contributed by atoms with E-state index in [0.29, 0.717) is 10.7 Å². The van der Waals surface area contributed by atoms with Crippen LogP contribution in [0.15, 0.2) is 18.2 Å². The van der Waals surface area contributed by atoms with Crippen LogP contribution in [0.2, 0.25) is 0 Å². The van der Waals surface area contributed by atoms with Gasteiger partial charge >= 0.3 is 0 Å². The smallest absolute Gasteiger partial charge is 0.161 e. The van der Waals surface area contributed by atoms with Gasteiger partial charge in [0, 0.05) is 10.7 Å². The second kappa shape index (κ2) is 5.12. The average Bonchev–Trinajstić information content (AvgIpc) is 3.18. The molecule has 1 heterocycles. The summed E-state index contributed by atoms with van der Waals surface area (Å²) in [6.07, 6.45) is 4.02. The molecule has 0 amide bonds. The number of hydrogen-bond acceptors (Lipinski definition) is 2. The van der Waals surface area contributed by atoms with Crippen LogP contribution in [0.3, 0.4) is 0 Å². The molecule has 0 radical (unpaired) electrons. The zero-order valence-corrected chi connectivity index (χ0v) is 12.3. The third kappa shape index (κ3) is 2.82. The van der Waals surface area contributed by atoms with Crippen molar-refractivity contribution < 1.29 is 9.47 Å². The molecule has 0 saturated heterocycles. The first-order chi connectivity index (χ1) is 8.72. The highest BCUT2D eigenvalue weighted by atomic mass is 79.9. The van der Waals surface area contributed by atoms with Crippen molar-refractivity contribution in [2.75, 3.05) is 13.2 Å². The summed E-state index contributed by atoms with van der Waals surface area (Å²) in [5.41, 5.74) is 1.30. The van der Waals surface area contributed by atoms with E-state index in [0.717, 1.165) is 30.6 Å². The minimum atomic E-state index is 0.444. The van der Waals surface area contributed by atoms with Crippen LogP contribution in [0.4, 0.5) is 0 Å². The van der Waals surface area contributed by atoms with Crippen molar-refractivity contribution >= 4 is 15.9 Å². The summed E-state index contributed by atoms with van der Waals surface area (Å²) in [5, 5.41) is 0. The van der Waals surface area contributed by atoms with Gasteiger partial charge in [-0.1, -0.05) is 41.8 Å². The molecule has 0 N–H and O–H groups in total. The number of ether oxygens (including phenoxy) is 2. The molecule has 98 valence electrons. The lowest BCUT2D eigenvalue weighted by molar-refractivity contribution is 0.228. The molecule has 0 aromatic heterocycles. The van der Waals surface area contributed by atoms with Crippen molar-refractivity contribution in [2.24, 2.45) is 11.8 Å². The number of alkyl halides is 1. The molecule has 18 heavy (non-hydrogen) atoms. The quantitative estimate of drug-likeness (QED) is 0.774. The van der Waals surface area contributed by atoms with E-state index in [1.165, 1.54) is 24.8 Å². The van der Waals surface area contributed by atoms with Crippen LogP contribution < -0.4 is 9.47 Å². The lowest BCUT2D eigenvalue weighted by Gasteiger charge is -2.13. The van der Waals surface area contributed by atoms with Gasteiger partial charge in [-0.2, -0.15) is 0 Å². The van der Waals surface area contributed by atoms with Gasteiger partial charge < -0.3 is 9.47 Å². The van der Waals surface area contributed by atoms with Gasteiger partial charge in [0.2, 0.25) is 0 Å². The lowest BCUT2D eigenvalue weighted by atomic mass is 10.1. The van der Waals surface area contributed by atoms with E-state index in [9.17, 15) is 0 Å². The summed E-state index contributed by atoms with van der Waals surface area (Å²) in [5.74, 6) is 3.16. The van der Waals surface area contributed by atoms with Gasteiger partial charge in [-0.3, -0.25) is 0 Å². The van der Waals surface area contributed by atoms with Gasteiger partial charge in [-0.15, -0.1) is 0 Å². The molecule has 2 nitrogen and oxygen atoms in total. The first-order valence-corrected chi connectivity index (χ1v) is 7.67. The maximum atomic E-state index is 5.83. The van der Waals surface area contributed by atoms with Crippen molar-refractivity contribution in [1.29, 1.82) is 0 Å². The van der Waals surface area contributed by atoms with Crippen molar-refractivity contribution in [3.05, 3.63) is 23.8 Å². The molecule has 1 aliphatic heterocycles. The zero-order chi connectivity index (χ0) is 12.5. The van der Waals surface area contributed by atoms with Crippen LogP contribution >= 0.6 is 15.9 Å². The molecule has 1 aromatic rings. The van der Waals surface area contributed by atoms with Gasteiger partial charge in [0.05, 0.1) is 13.2 Å². The predicted molar refractivity (Wildman–Crippen MR) is 75.6 cm³/mol. The van der Waals surface area contributed by atoms with E-state index >= 15 is 0 Å². The Hall–Kier alpha value is -0.700. The van der Waals surface area contributed by atoms with Crippen LogP contribution in [-0.4, -0.2) is 13.2 Å². The molecule has 1 aliphatic carbocycles. The minimum absolute atomic E-state index is 0.444. The zero-order valence-electron chi connectivity index (χ0n) is 10.7. The number of hydrogen-bond donors (Lipinski definition) is 0. The Morgan fingerprint density at radius 1 is 1.22 bits per heavy atom. The predicted octanol–water partition coefficient (Wildman–Crippen LogP) is 4.33. The normalized spacial score (nSPS) is 24.4. The molecule has 1 aromatic carbocycles. The van der Waals surface area contributed by atoms with Crippen molar-refractivity contribution in [3.63, 3.8) is 0 Å². The molecular formula is C15H19BrO2. The monoisotopic (exact) mass is 310 g/mol. The second-order valence-corrected chi connectivity index (χ2v) is 6.69. The number of benzene rings is 1. The van der Waals surface area contributed by atoms with E-state index in [2.05, 4.69) is 35.0 Å². The standard InChI is InChI=1S/C15H19BrO2/c1-10-8-17-14-5-4-12(7-15(14)18-9-10)13(16)6-11-2-3-11/h4-5,7,10-11,13H,2-3,6,8-9H2,1H3. The Bertz CT molecular complexity index is 429. The second-order valence-electron chi connectivity index (χ2n) is 5.58. The van der Waals surface area contributed by atoms with Gasteiger partial charge in [-0.05, 0) is 30.0 Å². The molecule has 1 fully saturated rings. The van der Waals surface area contributed by atoms with Crippen molar-refractivity contribution in [1.82, 2.24) is 0 Å². The Balaban J connectivity index is 1.76. The molecule has 2 atom stereocenters. The van der Waals surface area contributed by atoms with Gasteiger partial charge in [0.15, 0.2) is 11.5 Å². The Morgan fingerprint density at radius 2 is 1.94 bits per heavy atom. The molecule has 2 unspecified atom stereocenters. The fourth-order valence-corrected chi connectivity index (χ4v) is 3.06. The number of fused-ring (bicyclic) bond motifs is 1. The summed E-state index contributed by atoms with van der Waals surface area (Å²) in [6, 6.07) is 6.33. The van der Waals surface area contributed by atoms with Crippen LogP contribution in [0.25, 0.3) is 0 Å². The topological polar surface area (TPSA) is 18.5 Å². The summed E-state index contributed by atoms with van der Waals surface area (Å²) >= 11 is 3.79. The highest BCUT2D eigenvalue weighted by Crippen LogP contribution is 2.43. The first-order valence-electron chi connectivity index (χ1n) is 6.76. The maximum absolute atomic E-state index is 5.83. The van der Waals surface area contributed by atoms with E-state index < -0.39 is 0 Å². The average molecular weight is 311 g/mol. The SMILES string of the molecule is CC1COc2ccc(C(Br)CC3CC3)cc2OC1. The van der Waals surface area contributed by atoms with Crippen LogP contribution in [0.5, 0.6) is 11.5 Å². The van der Waals surface area contributed by atoms with Gasteiger partial charge in [-0.25, -0.2) is 0 Å². The highest BCUT2D eigenvalue weighted by Gasteiger charge is 2.25. The van der Waals surface area contributed by atoms with Crippen molar-refractivity contribution in [3.8, 4) is 11.5 Å². The fourth-order valence-electron chi connectivity index (χ4n) is 2.25. The summed E-state index contributed by atoms with van der Waals surface area (Å²) < 4.78 is 11.6. The van der Waals surface area contributed by atoms with Gasteiger partial charge in [0.1, 0.15) is 0 Å². The Labute approximate surface area is 117 Å². The van der Waals surface area contributed by atoms with Crippen molar-refractivity contribution in [2.45, 2.75) is 31.0 Å². The molecule has 0 spiro atoms. The Kier molecular flexibility index (Phi) is 3.51. The molecular weight excluding hydrogens is 292 g/mol. The lowest BCUT2D eigenvalue weighted by Crippen LogP contribution is -2.12. The van der Waals surface area contributed by atoms with E-state index in [-0.39, 0.29) is 0 Å². The summed E-state index contributed by atoms with van der Waals surface area (Å²) in [4.78, 5) is 0.444. The largest absolute Gasteiger partial charge is 0.489 e. The van der Waals surface area contributed by atoms with Crippen LogP contribution in [0, 0.1) is 11.8 Å². The summed E-state index contributed by atoms with van der Waals surface area (Å²) in [6.45, 7) is 3.63. The van der Waals surface area contributed by atoms with E-state index in [1.807, 2.05) is 6.07 Å². The van der Waals surface area contributed by atoms with E-state index in [4.69, 9.17) is 9.47 Å². The van der Waals surface area contributed by atoms with Crippen LogP contribution in [0.1, 0.15) is 36.6 Å². The third-order valence-corrected chi connectivity index (χ3v) is 4.52. The molecule has 1 saturated carbocycles. The van der Waals surface area contributed by atoms with Gasteiger partial charge in [0.25, 0.3) is 0 Å². The maximum Gasteiger partial charge on any atom is 0.161 e. The molecule has 3 heteroatoms. The number of halogens is 1. The highest BCUT2D eigenvalue weighted by molar-refractivity contribution is 9.09.